The summed E-state index contributed by atoms with van der Waals surface area (Å²) in [6, 6.07) is 14.0. The molecule has 0 spiro atoms. The van der Waals surface area contributed by atoms with E-state index in [2.05, 4.69) is 10.2 Å². The first-order chi connectivity index (χ1) is 15.1. The minimum Gasteiger partial charge on any atom is -0.467 e. The molecule has 1 amide bonds. The van der Waals surface area contributed by atoms with Crippen LogP contribution in [0.3, 0.4) is 0 Å². The fourth-order valence-corrected chi connectivity index (χ4v) is 4.14. The van der Waals surface area contributed by atoms with Crippen LogP contribution in [-0.4, -0.2) is 26.4 Å². The topological polar surface area (TPSA) is 93.8 Å². The minimum absolute atomic E-state index is 0.183. The zero-order valence-electron chi connectivity index (χ0n) is 16.0. The lowest BCUT2D eigenvalue weighted by atomic mass is 10.0. The maximum Gasteiger partial charge on any atom is 0.437 e. The highest BCUT2D eigenvalue weighted by molar-refractivity contribution is 7.13. The van der Waals surface area contributed by atoms with Crippen molar-refractivity contribution < 1.29 is 13.6 Å². The molecule has 4 aromatic rings. The number of furan rings is 1. The van der Waals surface area contributed by atoms with Crippen LogP contribution in [0.1, 0.15) is 23.8 Å². The van der Waals surface area contributed by atoms with Gasteiger partial charge in [-0.2, -0.15) is 9.78 Å². The number of hydrazone groups is 1. The Kier molecular flexibility index (Phi) is 5.05. The Morgan fingerprint density at radius 1 is 1.19 bits per heavy atom. The minimum atomic E-state index is -0.701. The maximum absolute atomic E-state index is 13.1. The number of benzene rings is 1. The molecule has 0 aliphatic carbocycles. The monoisotopic (exact) mass is 454 g/mol. The maximum atomic E-state index is 13.1. The standard InChI is InChI=1S/C21H15ClN4O4S/c22-14-7-5-13(6-8-14)15-11-16(17-3-1-9-29-17)26(23-15)19(27)12-25-21(28)30-20(24-25)18-4-2-10-31-18/h1-10,16H,11-12H2/t16-/m0/s1. The largest absolute Gasteiger partial charge is 0.467 e. The molecule has 156 valence electrons. The van der Waals surface area contributed by atoms with Gasteiger partial charge in [-0.3, -0.25) is 4.79 Å². The summed E-state index contributed by atoms with van der Waals surface area (Å²) in [5.41, 5.74) is 1.58. The lowest BCUT2D eigenvalue weighted by Gasteiger charge is -2.19. The van der Waals surface area contributed by atoms with E-state index in [0.717, 1.165) is 16.0 Å². The van der Waals surface area contributed by atoms with Crippen LogP contribution >= 0.6 is 22.9 Å². The number of nitrogens with zero attached hydrogens (tertiary/aromatic N) is 4. The van der Waals surface area contributed by atoms with E-state index in [1.807, 2.05) is 23.6 Å². The fraction of sp³-hybridized carbons (Fsp3) is 0.143. The van der Waals surface area contributed by atoms with Gasteiger partial charge in [0.05, 0.1) is 16.9 Å². The Labute approximate surface area is 185 Å². The first-order valence-electron chi connectivity index (χ1n) is 9.39. The van der Waals surface area contributed by atoms with Crippen LogP contribution in [0.15, 0.2) is 78.9 Å². The highest BCUT2D eigenvalue weighted by Crippen LogP contribution is 2.33. The zero-order chi connectivity index (χ0) is 21.4. The van der Waals surface area contributed by atoms with Crippen molar-refractivity contribution >= 4 is 34.6 Å². The number of rotatable bonds is 5. The molecule has 10 heteroatoms. The number of amides is 1. The highest BCUT2D eigenvalue weighted by Gasteiger charge is 2.35. The third-order valence-electron chi connectivity index (χ3n) is 4.84. The molecule has 0 radical (unpaired) electrons. The number of thiophene rings is 1. The van der Waals surface area contributed by atoms with E-state index in [9.17, 15) is 9.59 Å². The first kappa shape index (κ1) is 19.5. The van der Waals surface area contributed by atoms with Crippen molar-refractivity contribution in [2.75, 3.05) is 0 Å². The SMILES string of the molecule is O=C(Cn1nc(-c2cccs2)oc1=O)N1N=C(c2ccc(Cl)cc2)C[C@H]1c1ccco1. The van der Waals surface area contributed by atoms with E-state index in [0.29, 0.717) is 22.1 Å². The van der Waals surface area contributed by atoms with Crippen LogP contribution in [0, 0.1) is 0 Å². The summed E-state index contributed by atoms with van der Waals surface area (Å²) in [5.74, 6) is -0.319. The smallest absolute Gasteiger partial charge is 0.437 e. The van der Waals surface area contributed by atoms with E-state index >= 15 is 0 Å². The van der Waals surface area contributed by atoms with Crippen molar-refractivity contribution in [1.82, 2.24) is 14.8 Å². The van der Waals surface area contributed by atoms with Crippen molar-refractivity contribution in [2.24, 2.45) is 5.10 Å². The summed E-state index contributed by atoms with van der Waals surface area (Å²) in [6.45, 7) is -0.303. The van der Waals surface area contributed by atoms with Gasteiger partial charge in [-0.1, -0.05) is 29.8 Å². The van der Waals surface area contributed by atoms with Gasteiger partial charge in [0, 0.05) is 11.4 Å². The molecular formula is C21H15ClN4O4S. The third kappa shape index (κ3) is 3.85. The second kappa shape index (κ2) is 8.01. The number of carbonyl (C=O) groups is 1. The molecule has 0 saturated carbocycles. The Hall–Kier alpha value is -3.43. The quantitative estimate of drug-likeness (QED) is 0.450. The molecule has 4 heterocycles. The summed E-state index contributed by atoms with van der Waals surface area (Å²) >= 11 is 7.38. The number of halogens is 1. The first-order valence-corrected chi connectivity index (χ1v) is 10.6. The predicted molar refractivity (Wildman–Crippen MR) is 115 cm³/mol. The number of hydrogen-bond donors (Lipinski definition) is 0. The molecule has 31 heavy (non-hydrogen) atoms. The van der Waals surface area contributed by atoms with E-state index in [1.54, 1.807) is 36.6 Å². The van der Waals surface area contributed by atoms with Crippen molar-refractivity contribution in [1.29, 1.82) is 0 Å². The zero-order valence-corrected chi connectivity index (χ0v) is 17.5. The van der Waals surface area contributed by atoms with Gasteiger partial charge in [-0.05, 0) is 41.3 Å². The van der Waals surface area contributed by atoms with Crippen LogP contribution in [0.4, 0.5) is 0 Å². The molecule has 0 bridgehead atoms. The molecule has 0 unspecified atom stereocenters. The lowest BCUT2D eigenvalue weighted by Crippen LogP contribution is -2.33. The summed E-state index contributed by atoms with van der Waals surface area (Å²) in [4.78, 5) is 26.0. The van der Waals surface area contributed by atoms with Gasteiger partial charge in [0.1, 0.15) is 18.3 Å². The van der Waals surface area contributed by atoms with Crippen LogP contribution in [0.5, 0.6) is 0 Å². The predicted octanol–water partition coefficient (Wildman–Crippen LogP) is 4.19. The second-order valence-corrected chi connectivity index (χ2v) is 8.22. The Morgan fingerprint density at radius 2 is 2.03 bits per heavy atom. The van der Waals surface area contributed by atoms with Gasteiger partial charge in [-0.15, -0.1) is 16.4 Å². The van der Waals surface area contributed by atoms with Gasteiger partial charge in [0.15, 0.2) is 0 Å². The van der Waals surface area contributed by atoms with Crippen molar-refractivity contribution in [3.05, 3.63) is 87.1 Å². The molecule has 8 nitrogen and oxygen atoms in total. The van der Waals surface area contributed by atoms with E-state index < -0.39 is 17.7 Å². The van der Waals surface area contributed by atoms with Crippen molar-refractivity contribution in [2.45, 2.75) is 19.0 Å². The molecule has 1 atom stereocenters. The van der Waals surface area contributed by atoms with Crippen LogP contribution < -0.4 is 5.76 Å². The molecule has 1 aliphatic heterocycles. The molecule has 1 aromatic carbocycles. The van der Waals surface area contributed by atoms with Gasteiger partial charge < -0.3 is 8.83 Å². The molecule has 0 fully saturated rings. The normalized spacial score (nSPS) is 16.0. The van der Waals surface area contributed by atoms with Gasteiger partial charge >= 0.3 is 5.76 Å². The van der Waals surface area contributed by atoms with Crippen LogP contribution in [0.25, 0.3) is 10.8 Å². The lowest BCUT2D eigenvalue weighted by molar-refractivity contribution is -0.134. The number of aromatic nitrogens is 2. The number of carbonyl (C=O) groups excluding carboxylic acids is 1. The third-order valence-corrected chi connectivity index (χ3v) is 5.95. The van der Waals surface area contributed by atoms with Crippen LogP contribution in [0.2, 0.25) is 5.02 Å². The van der Waals surface area contributed by atoms with Crippen molar-refractivity contribution in [3.63, 3.8) is 0 Å². The van der Waals surface area contributed by atoms with Gasteiger partial charge in [0.25, 0.3) is 11.8 Å². The average Bonchev–Trinajstić information content (AvgIpc) is 3.55. The second-order valence-electron chi connectivity index (χ2n) is 6.84. The highest BCUT2D eigenvalue weighted by atomic mass is 35.5. The van der Waals surface area contributed by atoms with Gasteiger partial charge in [0.2, 0.25) is 0 Å². The average molecular weight is 455 g/mol. The Morgan fingerprint density at radius 3 is 2.74 bits per heavy atom. The summed E-state index contributed by atoms with van der Waals surface area (Å²) < 4.78 is 11.7. The summed E-state index contributed by atoms with van der Waals surface area (Å²) in [7, 11) is 0. The molecule has 1 aliphatic rings. The van der Waals surface area contributed by atoms with Crippen LogP contribution in [-0.2, 0) is 11.3 Å². The van der Waals surface area contributed by atoms with Gasteiger partial charge in [-0.25, -0.2) is 9.80 Å². The van der Waals surface area contributed by atoms with Crippen molar-refractivity contribution in [3.8, 4) is 10.8 Å². The molecular weight excluding hydrogens is 440 g/mol. The summed E-state index contributed by atoms with van der Waals surface area (Å²) in [5, 5.41) is 12.5. The molecule has 0 saturated heterocycles. The number of hydrogen-bond acceptors (Lipinski definition) is 7. The van der Waals surface area contributed by atoms with E-state index in [4.69, 9.17) is 20.4 Å². The van der Waals surface area contributed by atoms with E-state index in [1.165, 1.54) is 16.3 Å². The molecule has 3 aromatic heterocycles. The Bertz CT molecular complexity index is 1290. The van der Waals surface area contributed by atoms with E-state index in [-0.39, 0.29) is 12.4 Å². The summed E-state index contributed by atoms with van der Waals surface area (Å²) in [6.07, 6.45) is 2.02. The molecule has 0 N–H and O–H groups in total. The molecule has 5 rings (SSSR count). The fourth-order valence-electron chi connectivity index (χ4n) is 3.37. The Balaban J connectivity index is 1.43.